The SMILES string of the molecule is CCCCCCCCCCCCCCCCCC(=O)C(CCCCCCCCCCCCCCCC)C(=O)OC(=O)CCCCCCCCC. The molecule has 296 valence electrons. The summed E-state index contributed by atoms with van der Waals surface area (Å²) in [5.74, 6) is -1.81. The van der Waals surface area contributed by atoms with E-state index in [1.54, 1.807) is 0 Å². The molecule has 0 amide bonds. The summed E-state index contributed by atoms with van der Waals surface area (Å²) in [7, 11) is 0. The Labute approximate surface area is 313 Å². The second-order valence-corrected chi connectivity index (χ2v) is 15.8. The van der Waals surface area contributed by atoms with Crippen molar-refractivity contribution >= 4 is 17.7 Å². The lowest BCUT2D eigenvalue weighted by molar-refractivity contribution is -0.164. The number of rotatable bonds is 41. The predicted molar refractivity (Wildman–Crippen MR) is 217 cm³/mol. The molecule has 0 aliphatic heterocycles. The van der Waals surface area contributed by atoms with E-state index < -0.39 is 17.9 Å². The highest BCUT2D eigenvalue weighted by Crippen LogP contribution is 2.20. The minimum Gasteiger partial charge on any atom is -0.393 e. The van der Waals surface area contributed by atoms with Crippen LogP contribution in [0.25, 0.3) is 0 Å². The van der Waals surface area contributed by atoms with Crippen molar-refractivity contribution in [3.63, 3.8) is 0 Å². The Kier molecular flexibility index (Phi) is 39.6. The van der Waals surface area contributed by atoms with Gasteiger partial charge in [-0.05, 0) is 19.3 Å². The average molecular weight is 705 g/mol. The Morgan fingerprint density at radius 3 is 0.920 bits per heavy atom. The van der Waals surface area contributed by atoms with E-state index in [1.807, 2.05) is 0 Å². The summed E-state index contributed by atoms with van der Waals surface area (Å²) in [6.45, 7) is 6.76. The number of hydrogen-bond donors (Lipinski definition) is 0. The van der Waals surface area contributed by atoms with Gasteiger partial charge in [-0.25, -0.2) is 0 Å². The standard InChI is InChI=1S/C46H88O4/c1-4-7-10-13-16-18-20-22-24-26-28-30-33-35-38-41-44(47)43(46(49)50-45(48)42-39-36-31-15-12-9-6-3)40-37-34-32-29-27-25-23-21-19-17-14-11-8-5-2/h43H,4-42H2,1-3H3. The summed E-state index contributed by atoms with van der Waals surface area (Å²) < 4.78 is 5.28. The minimum atomic E-state index is -0.767. The van der Waals surface area contributed by atoms with E-state index in [1.165, 1.54) is 173 Å². The first kappa shape index (κ1) is 48.8. The molecule has 0 aliphatic carbocycles. The molecule has 0 aromatic rings. The van der Waals surface area contributed by atoms with Crippen molar-refractivity contribution in [3.05, 3.63) is 0 Å². The molecule has 0 heterocycles. The molecule has 0 aromatic carbocycles. The van der Waals surface area contributed by atoms with Crippen LogP contribution in [0.1, 0.15) is 271 Å². The number of unbranched alkanes of at least 4 members (excludes halogenated alkanes) is 33. The maximum atomic E-state index is 13.2. The molecular weight excluding hydrogens is 617 g/mol. The Morgan fingerprint density at radius 2 is 0.600 bits per heavy atom. The topological polar surface area (TPSA) is 60.4 Å². The largest absolute Gasteiger partial charge is 0.393 e. The van der Waals surface area contributed by atoms with Crippen LogP contribution in [0.3, 0.4) is 0 Å². The molecule has 1 unspecified atom stereocenters. The molecule has 1 atom stereocenters. The van der Waals surface area contributed by atoms with Crippen LogP contribution in [-0.2, 0) is 19.1 Å². The molecule has 4 nitrogen and oxygen atoms in total. The molecular formula is C46H88O4. The fourth-order valence-corrected chi connectivity index (χ4v) is 7.26. The first-order valence-electron chi connectivity index (χ1n) is 22.8. The van der Waals surface area contributed by atoms with Crippen LogP contribution in [0.4, 0.5) is 0 Å². The lowest BCUT2D eigenvalue weighted by Gasteiger charge is -2.14. The van der Waals surface area contributed by atoms with Gasteiger partial charge in [0, 0.05) is 12.8 Å². The molecule has 0 N–H and O–H groups in total. The summed E-state index contributed by atoms with van der Waals surface area (Å²) in [6, 6.07) is 0. The third-order valence-electron chi connectivity index (χ3n) is 10.7. The monoisotopic (exact) mass is 705 g/mol. The van der Waals surface area contributed by atoms with Crippen molar-refractivity contribution < 1.29 is 19.1 Å². The van der Waals surface area contributed by atoms with Gasteiger partial charge in [-0.15, -0.1) is 0 Å². The summed E-state index contributed by atoms with van der Waals surface area (Å²) >= 11 is 0. The number of carbonyl (C=O) groups is 3. The van der Waals surface area contributed by atoms with Crippen molar-refractivity contribution in [3.8, 4) is 0 Å². The number of Topliss-reactive ketones (excluding diaryl/α,β-unsaturated/α-hetero) is 1. The molecule has 0 bridgehead atoms. The first-order chi connectivity index (χ1) is 24.6. The fraction of sp³-hybridized carbons (Fsp3) is 0.935. The maximum absolute atomic E-state index is 13.2. The summed E-state index contributed by atoms with van der Waals surface area (Å²) in [6.07, 6.45) is 46.3. The van der Waals surface area contributed by atoms with Gasteiger partial charge >= 0.3 is 11.9 Å². The van der Waals surface area contributed by atoms with Gasteiger partial charge < -0.3 is 4.74 Å². The quantitative estimate of drug-likeness (QED) is 0.0361. The van der Waals surface area contributed by atoms with Crippen molar-refractivity contribution in [2.24, 2.45) is 5.92 Å². The zero-order valence-corrected chi connectivity index (χ0v) is 34.3. The number of carbonyl (C=O) groups excluding carboxylic acids is 3. The van der Waals surface area contributed by atoms with Gasteiger partial charge in [-0.3, -0.25) is 14.4 Å². The highest BCUT2D eigenvalue weighted by Gasteiger charge is 2.28. The predicted octanol–water partition coefficient (Wildman–Crippen LogP) is 15.5. The molecule has 0 fully saturated rings. The summed E-state index contributed by atoms with van der Waals surface area (Å²) in [4.78, 5) is 38.8. The van der Waals surface area contributed by atoms with Gasteiger partial charge in [0.2, 0.25) is 0 Å². The van der Waals surface area contributed by atoms with E-state index in [9.17, 15) is 14.4 Å². The third-order valence-corrected chi connectivity index (χ3v) is 10.7. The van der Waals surface area contributed by atoms with Gasteiger partial charge in [0.1, 0.15) is 11.7 Å². The van der Waals surface area contributed by atoms with Crippen molar-refractivity contribution in [2.75, 3.05) is 0 Å². The summed E-state index contributed by atoms with van der Waals surface area (Å²) in [5.41, 5.74) is 0. The Balaban J connectivity index is 4.29. The van der Waals surface area contributed by atoms with Crippen molar-refractivity contribution in [2.45, 2.75) is 271 Å². The number of ether oxygens (including phenoxy) is 1. The van der Waals surface area contributed by atoms with Crippen LogP contribution in [0.15, 0.2) is 0 Å². The van der Waals surface area contributed by atoms with E-state index in [0.29, 0.717) is 12.8 Å². The Bertz CT molecular complexity index is 732. The summed E-state index contributed by atoms with van der Waals surface area (Å²) in [5, 5.41) is 0. The van der Waals surface area contributed by atoms with E-state index in [0.717, 1.165) is 57.8 Å². The fourth-order valence-electron chi connectivity index (χ4n) is 7.26. The van der Waals surface area contributed by atoms with Crippen molar-refractivity contribution in [1.29, 1.82) is 0 Å². The van der Waals surface area contributed by atoms with Gasteiger partial charge in [0.25, 0.3) is 0 Å². The molecule has 0 saturated heterocycles. The molecule has 0 spiro atoms. The normalized spacial score (nSPS) is 12.0. The lowest BCUT2D eigenvalue weighted by atomic mass is 9.92. The number of esters is 2. The highest BCUT2D eigenvalue weighted by molar-refractivity contribution is 6.02. The molecule has 0 rings (SSSR count). The van der Waals surface area contributed by atoms with Gasteiger partial charge in [-0.2, -0.15) is 0 Å². The molecule has 4 heteroatoms. The van der Waals surface area contributed by atoms with Crippen LogP contribution in [-0.4, -0.2) is 17.7 Å². The van der Waals surface area contributed by atoms with Crippen molar-refractivity contribution in [1.82, 2.24) is 0 Å². The van der Waals surface area contributed by atoms with Crippen LogP contribution in [0.2, 0.25) is 0 Å². The highest BCUT2D eigenvalue weighted by atomic mass is 16.6. The van der Waals surface area contributed by atoms with Gasteiger partial charge in [0.15, 0.2) is 0 Å². The number of ketones is 1. The smallest absolute Gasteiger partial charge is 0.324 e. The van der Waals surface area contributed by atoms with Gasteiger partial charge in [-0.1, -0.05) is 239 Å². The zero-order valence-electron chi connectivity index (χ0n) is 34.3. The second-order valence-electron chi connectivity index (χ2n) is 15.8. The zero-order chi connectivity index (χ0) is 36.6. The minimum absolute atomic E-state index is 0.0110. The number of hydrogen-bond acceptors (Lipinski definition) is 4. The molecule has 0 radical (unpaired) electrons. The van der Waals surface area contributed by atoms with E-state index in [2.05, 4.69) is 20.8 Å². The van der Waals surface area contributed by atoms with Gasteiger partial charge in [0.05, 0.1) is 0 Å². The van der Waals surface area contributed by atoms with Crippen LogP contribution in [0.5, 0.6) is 0 Å². The van der Waals surface area contributed by atoms with Crippen LogP contribution in [0, 0.1) is 5.92 Å². The second kappa shape index (κ2) is 40.6. The molecule has 0 aromatic heterocycles. The first-order valence-corrected chi connectivity index (χ1v) is 22.8. The van der Waals surface area contributed by atoms with Crippen LogP contribution < -0.4 is 0 Å². The lowest BCUT2D eigenvalue weighted by Crippen LogP contribution is -2.28. The maximum Gasteiger partial charge on any atom is 0.324 e. The van der Waals surface area contributed by atoms with E-state index >= 15 is 0 Å². The Morgan fingerprint density at radius 1 is 0.340 bits per heavy atom. The average Bonchev–Trinajstić information content (AvgIpc) is 3.11. The molecule has 50 heavy (non-hydrogen) atoms. The molecule has 0 saturated carbocycles. The third kappa shape index (κ3) is 35.2. The van der Waals surface area contributed by atoms with Crippen LogP contribution >= 0.6 is 0 Å². The Hall–Kier alpha value is -1.19. The molecule has 0 aliphatic rings. The van der Waals surface area contributed by atoms with E-state index in [-0.39, 0.29) is 12.2 Å². The van der Waals surface area contributed by atoms with E-state index in [4.69, 9.17) is 4.74 Å².